The van der Waals surface area contributed by atoms with E-state index >= 15 is 0 Å². The van der Waals surface area contributed by atoms with Crippen LogP contribution in [0.1, 0.15) is 72.1 Å². The van der Waals surface area contributed by atoms with E-state index in [4.69, 9.17) is 0 Å². The molecular formula is C16H28. The van der Waals surface area contributed by atoms with E-state index in [9.17, 15) is 0 Å². The molecule has 3 rings (SSSR count). The maximum absolute atomic E-state index is 2.65. The smallest absolute Gasteiger partial charge is 0.0261 e. The number of hydrogen-bond donors (Lipinski definition) is 0. The lowest BCUT2D eigenvalue weighted by atomic mass is 9.47. The Morgan fingerprint density at radius 2 is 1.62 bits per heavy atom. The largest absolute Gasteiger partial charge is 0.0622 e. The summed E-state index contributed by atoms with van der Waals surface area (Å²) in [5.41, 5.74) is 1.43. The molecule has 5 atom stereocenters. The van der Waals surface area contributed by atoms with E-state index in [2.05, 4.69) is 20.8 Å². The van der Waals surface area contributed by atoms with Gasteiger partial charge in [0.1, 0.15) is 0 Å². The molecule has 0 amide bonds. The molecule has 0 heteroatoms. The van der Waals surface area contributed by atoms with Crippen LogP contribution in [-0.4, -0.2) is 0 Å². The quantitative estimate of drug-likeness (QED) is 0.537. The monoisotopic (exact) mass is 220 g/mol. The molecule has 3 aliphatic rings. The number of hydrogen-bond acceptors (Lipinski definition) is 0. The van der Waals surface area contributed by atoms with Crippen LogP contribution in [0.4, 0.5) is 0 Å². The van der Waals surface area contributed by atoms with Gasteiger partial charge in [-0.2, -0.15) is 0 Å². The van der Waals surface area contributed by atoms with Crippen LogP contribution in [0.2, 0.25) is 0 Å². The fourth-order valence-corrected chi connectivity index (χ4v) is 6.03. The van der Waals surface area contributed by atoms with E-state index < -0.39 is 0 Å². The Balaban J connectivity index is 1.94. The predicted octanol–water partition coefficient (Wildman–Crippen LogP) is 5.03. The van der Waals surface area contributed by atoms with Gasteiger partial charge in [-0.1, -0.05) is 40.0 Å². The minimum Gasteiger partial charge on any atom is -0.0622 e. The fourth-order valence-electron chi connectivity index (χ4n) is 6.03. The fraction of sp³-hybridized carbons (Fsp3) is 1.00. The Labute approximate surface area is 101 Å². The topological polar surface area (TPSA) is 0 Å². The van der Waals surface area contributed by atoms with E-state index in [1.54, 1.807) is 0 Å². The lowest BCUT2D eigenvalue weighted by Gasteiger charge is -2.58. The van der Waals surface area contributed by atoms with Crippen molar-refractivity contribution >= 4 is 0 Å². The van der Waals surface area contributed by atoms with Crippen molar-refractivity contribution in [2.45, 2.75) is 72.1 Å². The zero-order valence-corrected chi connectivity index (χ0v) is 11.4. The van der Waals surface area contributed by atoms with E-state index in [1.165, 1.54) is 51.4 Å². The summed E-state index contributed by atoms with van der Waals surface area (Å²) in [6.45, 7) is 7.78. The molecule has 0 spiro atoms. The van der Waals surface area contributed by atoms with Crippen molar-refractivity contribution in [1.82, 2.24) is 0 Å². The molecule has 5 unspecified atom stereocenters. The highest BCUT2D eigenvalue weighted by atomic mass is 14.6. The molecule has 0 aliphatic heterocycles. The third-order valence-electron chi connectivity index (χ3n) is 6.81. The Kier molecular flexibility index (Phi) is 2.43. The third kappa shape index (κ3) is 1.34. The summed E-state index contributed by atoms with van der Waals surface area (Å²) < 4.78 is 0. The van der Waals surface area contributed by atoms with Gasteiger partial charge in [-0.25, -0.2) is 0 Å². The molecule has 0 aromatic heterocycles. The normalized spacial score (nSPS) is 56.8. The molecule has 0 saturated heterocycles. The molecule has 0 heterocycles. The number of rotatable bonds is 0. The maximum atomic E-state index is 2.65. The van der Waals surface area contributed by atoms with Crippen molar-refractivity contribution in [3.05, 3.63) is 0 Å². The van der Waals surface area contributed by atoms with Gasteiger partial charge in [0.25, 0.3) is 0 Å². The minimum absolute atomic E-state index is 0.709. The van der Waals surface area contributed by atoms with Crippen molar-refractivity contribution in [1.29, 1.82) is 0 Å². The van der Waals surface area contributed by atoms with Gasteiger partial charge in [-0.15, -0.1) is 0 Å². The zero-order chi connectivity index (χ0) is 11.4. The van der Waals surface area contributed by atoms with Crippen LogP contribution < -0.4 is 0 Å². The van der Waals surface area contributed by atoms with Crippen LogP contribution in [0.3, 0.4) is 0 Å². The highest BCUT2D eigenvalue weighted by molar-refractivity contribution is 5.06. The first-order valence-electron chi connectivity index (χ1n) is 7.56. The lowest BCUT2D eigenvalue weighted by molar-refractivity contribution is -0.0847. The minimum atomic E-state index is 0.709. The van der Waals surface area contributed by atoms with Gasteiger partial charge in [0.15, 0.2) is 0 Å². The van der Waals surface area contributed by atoms with E-state index in [0.29, 0.717) is 5.41 Å². The Hall–Kier alpha value is 0. The van der Waals surface area contributed by atoms with Gasteiger partial charge in [-0.3, -0.25) is 0 Å². The van der Waals surface area contributed by atoms with Gasteiger partial charge in [0.2, 0.25) is 0 Å². The first-order valence-corrected chi connectivity index (χ1v) is 7.56. The molecular weight excluding hydrogens is 192 g/mol. The molecule has 0 bridgehead atoms. The van der Waals surface area contributed by atoms with Crippen molar-refractivity contribution in [2.24, 2.45) is 28.6 Å². The summed E-state index contributed by atoms with van der Waals surface area (Å²) in [5, 5.41) is 0. The van der Waals surface area contributed by atoms with E-state index in [-0.39, 0.29) is 0 Å². The highest BCUT2D eigenvalue weighted by Crippen LogP contribution is 2.65. The molecule has 92 valence electrons. The van der Waals surface area contributed by atoms with Gasteiger partial charge >= 0.3 is 0 Å². The van der Waals surface area contributed by atoms with Crippen molar-refractivity contribution in [3.63, 3.8) is 0 Å². The maximum Gasteiger partial charge on any atom is -0.0261 e. The summed E-state index contributed by atoms with van der Waals surface area (Å²) in [7, 11) is 0. The average Bonchev–Trinajstić information content (AvgIpc) is 2.61. The molecule has 0 nitrogen and oxygen atoms in total. The zero-order valence-electron chi connectivity index (χ0n) is 11.4. The van der Waals surface area contributed by atoms with Crippen LogP contribution in [0.15, 0.2) is 0 Å². The second kappa shape index (κ2) is 3.50. The van der Waals surface area contributed by atoms with Crippen LogP contribution in [0.25, 0.3) is 0 Å². The average molecular weight is 220 g/mol. The van der Waals surface area contributed by atoms with Crippen LogP contribution in [-0.2, 0) is 0 Å². The standard InChI is InChI=1S/C16H28/c1-12-6-4-10-16(3)13(12)8-11-15(2)9-5-7-14(15)16/h12-14H,4-11H2,1-3H3. The van der Waals surface area contributed by atoms with Crippen LogP contribution >= 0.6 is 0 Å². The Morgan fingerprint density at radius 1 is 0.875 bits per heavy atom. The molecule has 0 N–H and O–H groups in total. The third-order valence-corrected chi connectivity index (χ3v) is 6.81. The summed E-state index contributed by atoms with van der Waals surface area (Å²) >= 11 is 0. The molecule has 3 fully saturated rings. The predicted molar refractivity (Wildman–Crippen MR) is 69.3 cm³/mol. The first kappa shape index (κ1) is 11.1. The SMILES string of the molecule is CC1CCCC2(C)C1CCC1(C)CCCC12. The van der Waals surface area contributed by atoms with Crippen molar-refractivity contribution in [3.8, 4) is 0 Å². The summed E-state index contributed by atoms with van der Waals surface area (Å²) in [6, 6.07) is 0. The number of fused-ring (bicyclic) bond motifs is 3. The van der Waals surface area contributed by atoms with Gasteiger partial charge < -0.3 is 0 Å². The van der Waals surface area contributed by atoms with Crippen molar-refractivity contribution < 1.29 is 0 Å². The van der Waals surface area contributed by atoms with Gasteiger partial charge in [0, 0.05) is 0 Å². The molecule has 3 saturated carbocycles. The van der Waals surface area contributed by atoms with Gasteiger partial charge in [0.05, 0.1) is 0 Å². The first-order chi connectivity index (χ1) is 7.56. The molecule has 3 aliphatic carbocycles. The summed E-state index contributed by atoms with van der Waals surface area (Å²) in [6.07, 6.45) is 12.2. The van der Waals surface area contributed by atoms with E-state index in [0.717, 1.165) is 23.2 Å². The van der Waals surface area contributed by atoms with Crippen molar-refractivity contribution in [2.75, 3.05) is 0 Å². The second-order valence-electron chi connectivity index (χ2n) is 7.62. The Bertz CT molecular complexity index is 282. The summed E-state index contributed by atoms with van der Waals surface area (Å²) in [5.74, 6) is 3.11. The molecule has 16 heavy (non-hydrogen) atoms. The lowest BCUT2D eigenvalue weighted by Crippen LogP contribution is -2.50. The van der Waals surface area contributed by atoms with Crippen LogP contribution in [0.5, 0.6) is 0 Å². The van der Waals surface area contributed by atoms with Gasteiger partial charge in [-0.05, 0) is 60.7 Å². The second-order valence-corrected chi connectivity index (χ2v) is 7.62. The molecule has 0 aromatic carbocycles. The highest BCUT2D eigenvalue weighted by Gasteiger charge is 2.56. The molecule has 0 aromatic rings. The Morgan fingerprint density at radius 3 is 2.44 bits per heavy atom. The van der Waals surface area contributed by atoms with E-state index in [1.807, 2.05) is 0 Å². The van der Waals surface area contributed by atoms with Crippen LogP contribution in [0, 0.1) is 28.6 Å². The summed E-state index contributed by atoms with van der Waals surface area (Å²) in [4.78, 5) is 0. The molecule has 0 radical (unpaired) electrons.